The summed E-state index contributed by atoms with van der Waals surface area (Å²) in [7, 11) is -3.16. The molecule has 17 heavy (non-hydrogen) atoms. The fourth-order valence-corrected chi connectivity index (χ4v) is 1.64. The summed E-state index contributed by atoms with van der Waals surface area (Å²) >= 11 is 0. The molecule has 0 atom stereocenters. The van der Waals surface area contributed by atoms with Crippen molar-refractivity contribution in [2.75, 3.05) is 25.9 Å². The molecule has 0 aliphatic heterocycles. The molecule has 7 heteroatoms. The summed E-state index contributed by atoms with van der Waals surface area (Å²) in [6.45, 7) is 5.47. The maximum Gasteiger partial charge on any atom is 0.220 e. The molecule has 0 rings (SSSR count). The maximum atomic E-state index is 11.3. The average Bonchev–Trinajstić information content (AvgIpc) is 2.18. The van der Waals surface area contributed by atoms with Gasteiger partial charge in [0.1, 0.15) is 0 Å². The summed E-state index contributed by atoms with van der Waals surface area (Å²) in [4.78, 5) is 11.3. The smallest absolute Gasteiger partial charge is 0.220 e. The Morgan fingerprint density at radius 1 is 1.18 bits per heavy atom. The van der Waals surface area contributed by atoms with Crippen LogP contribution in [0.3, 0.4) is 0 Å². The third kappa shape index (κ3) is 13.3. The van der Waals surface area contributed by atoms with Gasteiger partial charge in [0.15, 0.2) is 0 Å². The van der Waals surface area contributed by atoms with Crippen LogP contribution in [0.2, 0.25) is 0 Å². The first-order valence-corrected chi connectivity index (χ1v) is 7.65. The van der Waals surface area contributed by atoms with E-state index >= 15 is 0 Å². The van der Waals surface area contributed by atoms with E-state index in [0.29, 0.717) is 19.0 Å². The van der Waals surface area contributed by atoms with Crippen LogP contribution in [-0.2, 0) is 14.8 Å². The normalized spacial score (nSPS) is 11.8. The molecule has 0 aromatic rings. The number of rotatable bonds is 9. The minimum atomic E-state index is -3.16. The van der Waals surface area contributed by atoms with Crippen molar-refractivity contribution in [3.05, 3.63) is 0 Å². The average molecular weight is 265 g/mol. The van der Waals surface area contributed by atoms with E-state index in [-0.39, 0.29) is 12.5 Å². The third-order valence-corrected chi connectivity index (χ3v) is 2.67. The highest BCUT2D eigenvalue weighted by Crippen LogP contribution is 1.88. The number of carbonyl (C=O) groups is 1. The highest BCUT2D eigenvalue weighted by Gasteiger charge is 2.02. The first-order chi connectivity index (χ1) is 7.81. The summed E-state index contributed by atoms with van der Waals surface area (Å²) in [5.41, 5.74) is 0. The summed E-state index contributed by atoms with van der Waals surface area (Å²) < 4.78 is 23.7. The Morgan fingerprint density at radius 2 is 1.82 bits per heavy atom. The molecule has 0 heterocycles. The number of hydrogen-bond donors (Lipinski definition) is 3. The zero-order chi connectivity index (χ0) is 13.3. The lowest BCUT2D eigenvalue weighted by Gasteiger charge is -2.08. The molecular formula is C10H23N3O3S. The third-order valence-electron chi connectivity index (χ3n) is 1.94. The Balaban J connectivity index is 3.41. The fraction of sp³-hybridized carbons (Fsp3) is 0.900. The lowest BCUT2D eigenvalue weighted by atomic mass is 10.2. The van der Waals surface area contributed by atoms with Crippen LogP contribution in [0, 0.1) is 0 Å². The molecule has 0 spiro atoms. The molecule has 0 radical (unpaired) electrons. The monoisotopic (exact) mass is 265 g/mol. The summed E-state index contributed by atoms with van der Waals surface area (Å²) in [5.74, 6) is -0.0501. The van der Waals surface area contributed by atoms with Gasteiger partial charge in [0, 0.05) is 25.6 Å². The van der Waals surface area contributed by atoms with Crippen LogP contribution in [0.5, 0.6) is 0 Å². The number of sulfonamides is 1. The number of amides is 1. The summed E-state index contributed by atoms with van der Waals surface area (Å²) in [6, 6.07) is 0.428. The highest BCUT2D eigenvalue weighted by atomic mass is 32.2. The van der Waals surface area contributed by atoms with Gasteiger partial charge in [-0.05, 0) is 13.0 Å². The molecule has 102 valence electrons. The molecule has 0 fully saturated rings. The van der Waals surface area contributed by atoms with Crippen LogP contribution in [0.25, 0.3) is 0 Å². The van der Waals surface area contributed by atoms with E-state index in [4.69, 9.17) is 0 Å². The van der Waals surface area contributed by atoms with Gasteiger partial charge in [0.05, 0.1) is 6.26 Å². The molecule has 0 saturated heterocycles. The SMILES string of the molecule is CC(C)NCCCC(=O)NCCNS(C)(=O)=O. The van der Waals surface area contributed by atoms with E-state index in [0.717, 1.165) is 19.2 Å². The number of carbonyl (C=O) groups excluding carboxylic acids is 1. The van der Waals surface area contributed by atoms with Crippen LogP contribution in [0.1, 0.15) is 26.7 Å². The second kappa shape index (κ2) is 8.43. The van der Waals surface area contributed by atoms with Crippen molar-refractivity contribution in [2.45, 2.75) is 32.7 Å². The van der Waals surface area contributed by atoms with E-state index in [1.54, 1.807) is 0 Å². The van der Waals surface area contributed by atoms with Crippen LogP contribution in [-0.4, -0.2) is 46.3 Å². The Bertz CT molecular complexity index is 315. The van der Waals surface area contributed by atoms with Crippen molar-refractivity contribution in [2.24, 2.45) is 0 Å². The first-order valence-electron chi connectivity index (χ1n) is 5.76. The van der Waals surface area contributed by atoms with Crippen LogP contribution < -0.4 is 15.4 Å². The second-order valence-electron chi connectivity index (χ2n) is 4.23. The van der Waals surface area contributed by atoms with Gasteiger partial charge in [-0.25, -0.2) is 13.1 Å². The molecule has 0 aliphatic carbocycles. The predicted molar refractivity (Wildman–Crippen MR) is 68.2 cm³/mol. The lowest BCUT2D eigenvalue weighted by Crippen LogP contribution is -2.34. The van der Waals surface area contributed by atoms with E-state index in [1.165, 1.54) is 0 Å². The first kappa shape index (κ1) is 16.3. The zero-order valence-corrected chi connectivity index (χ0v) is 11.6. The van der Waals surface area contributed by atoms with Crippen LogP contribution in [0.4, 0.5) is 0 Å². The van der Waals surface area contributed by atoms with Gasteiger partial charge < -0.3 is 10.6 Å². The largest absolute Gasteiger partial charge is 0.355 e. The van der Waals surface area contributed by atoms with E-state index < -0.39 is 10.0 Å². The van der Waals surface area contributed by atoms with Gasteiger partial charge in [-0.3, -0.25) is 4.79 Å². The Morgan fingerprint density at radius 3 is 2.35 bits per heavy atom. The molecule has 0 aromatic heterocycles. The zero-order valence-electron chi connectivity index (χ0n) is 10.7. The van der Waals surface area contributed by atoms with E-state index in [2.05, 4.69) is 29.2 Å². The van der Waals surface area contributed by atoms with E-state index in [1.807, 2.05) is 0 Å². The maximum absolute atomic E-state index is 11.3. The van der Waals surface area contributed by atoms with Gasteiger partial charge in [0.2, 0.25) is 15.9 Å². The summed E-state index contributed by atoms with van der Waals surface area (Å²) in [6.07, 6.45) is 2.33. The Labute approximate surface area is 104 Å². The minimum Gasteiger partial charge on any atom is -0.355 e. The fourth-order valence-electron chi connectivity index (χ4n) is 1.17. The Hall–Kier alpha value is -0.660. The van der Waals surface area contributed by atoms with Gasteiger partial charge in [-0.15, -0.1) is 0 Å². The molecule has 1 amide bonds. The quantitative estimate of drug-likeness (QED) is 0.487. The van der Waals surface area contributed by atoms with Crippen molar-refractivity contribution >= 4 is 15.9 Å². The Kier molecular flexibility index (Phi) is 8.11. The van der Waals surface area contributed by atoms with Gasteiger partial charge in [-0.2, -0.15) is 0 Å². The van der Waals surface area contributed by atoms with Crippen molar-refractivity contribution in [1.29, 1.82) is 0 Å². The van der Waals surface area contributed by atoms with Gasteiger partial charge in [-0.1, -0.05) is 13.8 Å². The standard InChI is InChI=1S/C10H23N3O3S/c1-9(2)11-6-4-5-10(14)12-7-8-13-17(3,15)16/h9,11,13H,4-8H2,1-3H3,(H,12,14). The summed E-state index contributed by atoms with van der Waals surface area (Å²) in [5, 5.41) is 5.87. The molecule has 6 nitrogen and oxygen atoms in total. The topological polar surface area (TPSA) is 87.3 Å². The van der Waals surface area contributed by atoms with Crippen LogP contribution in [0.15, 0.2) is 0 Å². The van der Waals surface area contributed by atoms with Gasteiger partial charge >= 0.3 is 0 Å². The lowest BCUT2D eigenvalue weighted by molar-refractivity contribution is -0.121. The van der Waals surface area contributed by atoms with Crippen molar-refractivity contribution in [1.82, 2.24) is 15.4 Å². The molecule has 3 N–H and O–H groups in total. The molecular weight excluding hydrogens is 242 g/mol. The van der Waals surface area contributed by atoms with Crippen molar-refractivity contribution in [3.8, 4) is 0 Å². The second-order valence-corrected chi connectivity index (χ2v) is 6.06. The molecule has 0 saturated carbocycles. The van der Waals surface area contributed by atoms with Crippen molar-refractivity contribution in [3.63, 3.8) is 0 Å². The molecule has 0 unspecified atom stereocenters. The van der Waals surface area contributed by atoms with E-state index in [9.17, 15) is 13.2 Å². The molecule has 0 aromatic carbocycles. The van der Waals surface area contributed by atoms with Gasteiger partial charge in [0.25, 0.3) is 0 Å². The molecule has 0 bridgehead atoms. The number of nitrogens with one attached hydrogen (secondary N) is 3. The highest BCUT2D eigenvalue weighted by molar-refractivity contribution is 7.88. The molecule has 0 aliphatic rings. The van der Waals surface area contributed by atoms with Crippen molar-refractivity contribution < 1.29 is 13.2 Å². The predicted octanol–water partition coefficient (Wildman–Crippen LogP) is -0.570. The minimum absolute atomic E-state index is 0.0501. The van der Waals surface area contributed by atoms with Crippen LogP contribution >= 0.6 is 0 Å². The number of hydrogen-bond acceptors (Lipinski definition) is 4.